The van der Waals surface area contributed by atoms with Crippen molar-refractivity contribution in [3.63, 3.8) is 0 Å². The van der Waals surface area contributed by atoms with E-state index in [-0.39, 0.29) is 12.0 Å². The summed E-state index contributed by atoms with van der Waals surface area (Å²) in [6, 6.07) is -17.5. The molecule has 28 N–H and O–H groups in total. The summed E-state index contributed by atoms with van der Waals surface area (Å²) >= 11 is 0. The third kappa shape index (κ3) is 51.3. The van der Waals surface area contributed by atoms with Crippen molar-refractivity contribution in [2.45, 2.75) is 189 Å². The van der Waals surface area contributed by atoms with Gasteiger partial charge in [0, 0.05) is 63.4 Å². The number of hydrogen-bond donors (Lipinski definition) is 28. The van der Waals surface area contributed by atoms with Gasteiger partial charge in [-0.2, -0.15) is 0 Å². The average Bonchev–Trinajstić information content (AvgIpc) is 0.885. The van der Waals surface area contributed by atoms with Crippen molar-refractivity contribution in [1.82, 2.24) is 95.7 Å². The molecule has 10 atom stereocenters. The van der Waals surface area contributed by atoms with Crippen LogP contribution in [0.1, 0.15) is 129 Å². The standard InChI is InChI=1S/C70H100N18O38/c1-4-5-42(70(125)126)88-69(124)41(14-23-59(113)114)86-50(96)31-77-67(122)39(12-21-57(109)110)84-48(94)29-75-65(120)37(10-19-55(105)106)82-46(92)27-73-63(118)35(8-17-53(101)102)80-44(90)25-71-61(116)33(6-15-51(97)98)79-43(89)24-72-62(117)34(7-16-52(99)100)81-45(91)26-74-64(119)36(9-18-54(103)104)83-47(93)28-76-66(121)38(11-20-56(107)108)85-49(95)30-78-68(123)40(13-22-58(111)112)87-60(115)32(2)3/h4,33-42H,1-2,5-31H2,3H3,(H,71,116)(H,72,117)(H,73,118)(H,74,119)(H,75,120)(H,76,121)(H,77,122)(H,78,123)(H,79,89)(H,80,90)(H,81,91)(H,82,92)(H,83,93)(H,84,94)(H,85,95)(H,86,96)(H,87,115)(H,88,124)(H,97,98)(H,99,100)(H,101,102)(H,103,104)(H,105,106)(H,107,108)(H,109,110)(H,111,112)(H,113,114)(H,125,126). The third-order valence-electron chi connectivity index (χ3n) is 16.4. The Morgan fingerprint density at radius 1 is 0.222 bits per heavy atom. The van der Waals surface area contributed by atoms with Gasteiger partial charge in [-0.3, -0.25) is 129 Å². The highest BCUT2D eigenvalue weighted by atomic mass is 16.4. The van der Waals surface area contributed by atoms with Gasteiger partial charge in [-0.25, -0.2) is 4.79 Å². The van der Waals surface area contributed by atoms with E-state index < -0.39 is 394 Å². The molecule has 0 radical (unpaired) electrons. The third-order valence-corrected chi connectivity index (χ3v) is 16.4. The molecule has 0 aromatic carbocycles. The Hall–Kier alpha value is -15.4. The topological polar surface area (TPSA) is 897 Å². The van der Waals surface area contributed by atoms with E-state index in [2.05, 4.69) is 82.3 Å². The summed E-state index contributed by atoms with van der Waals surface area (Å²) in [7, 11) is 0. The molecular formula is C70H100N18O38. The van der Waals surface area contributed by atoms with Crippen molar-refractivity contribution in [2.75, 3.05) is 52.4 Å². The fourth-order valence-electron chi connectivity index (χ4n) is 10.1. The number of hydrogen-bond acceptors (Lipinski definition) is 28. The summed E-state index contributed by atoms with van der Waals surface area (Å²) < 4.78 is 0. The van der Waals surface area contributed by atoms with Crippen LogP contribution >= 0.6 is 0 Å². The Labute approximate surface area is 711 Å². The van der Waals surface area contributed by atoms with E-state index in [0.717, 1.165) is 6.08 Å². The first kappa shape index (κ1) is 111. The summed E-state index contributed by atoms with van der Waals surface area (Å²) in [6.07, 6.45) is -12.2. The van der Waals surface area contributed by atoms with E-state index in [0.29, 0.717) is 0 Å². The van der Waals surface area contributed by atoms with Crippen LogP contribution in [0.25, 0.3) is 0 Å². The lowest BCUT2D eigenvalue weighted by molar-refractivity contribution is -0.143. The number of amides is 18. The summed E-state index contributed by atoms with van der Waals surface area (Å²) in [6.45, 7) is -0.521. The molecule has 0 aliphatic heterocycles. The zero-order valence-corrected chi connectivity index (χ0v) is 67.3. The van der Waals surface area contributed by atoms with Gasteiger partial charge in [0.1, 0.15) is 60.4 Å². The van der Waals surface area contributed by atoms with E-state index in [9.17, 15) is 175 Å². The van der Waals surface area contributed by atoms with Crippen molar-refractivity contribution in [3.05, 3.63) is 24.8 Å². The molecule has 698 valence electrons. The quantitative estimate of drug-likeness (QED) is 0.0199. The number of nitrogens with one attached hydrogen (secondary N) is 18. The maximum absolute atomic E-state index is 13.4. The average molecular weight is 1800 g/mol. The zero-order valence-electron chi connectivity index (χ0n) is 67.3. The molecule has 0 fully saturated rings. The van der Waals surface area contributed by atoms with Crippen molar-refractivity contribution in [3.8, 4) is 0 Å². The van der Waals surface area contributed by atoms with Crippen LogP contribution in [0, 0.1) is 0 Å². The maximum Gasteiger partial charge on any atom is 0.326 e. The van der Waals surface area contributed by atoms with Gasteiger partial charge in [-0.05, 0) is 71.1 Å². The number of carboxylic acids is 10. The molecule has 56 heteroatoms. The van der Waals surface area contributed by atoms with Gasteiger partial charge < -0.3 is 147 Å². The van der Waals surface area contributed by atoms with Crippen LogP contribution in [-0.2, 0) is 134 Å². The van der Waals surface area contributed by atoms with E-state index in [1.54, 1.807) is 0 Å². The molecule has 10 unspecified atom stereocenters. The minimum atomic E-state index is -1.88. The Bertz CT molecular complexity index is 4070. The molecule has 0 saturated heterocycles. The van der Waals surface area contributed by atoms with Gasteiger partial charge in [0.15, 0.2) is 0 Å². The first-order valence-corrected chi connectivity index (χ1v) is 37.6. The first-order valence-electron chi connectivity index (χ1n) is 37.6. The molecule has 0 rings (SSSR count). The SMILES string of the molecule is C=CCC(NC(=O)C(CCC(=O)O)NC(=O)CNC(=O)C(CCC(=O)O)NC(=O)CNC(=O)C(CCC(=O)O)NC(=O)CNC(=O)C(CCC(=O)O)NC(=O)CNC(=O)C(CCC(=O)O)NC(=O)CNC(=O)C(CCC(=O)O)NC(=O)CNC(=O)C(CCC(=O)O)NC(=O)CNC(=O)C(CCC(=O)O)NC(=O)CNC(=O)C(CCC(=O)O)NC(=O)C(=C)C)C(=O)O. The van der Waals surface area contributed by atoms with Crippen molar-refractivity contribution in [2.24, 2.45) is 0 Å². The van der Waals surface area contributed by atoms with E-state index in [1.165, 1.54) is 6.92 Å². The van der Waals surface area contributed by atoms with E-state index >= 15 is 0 Å². The summed E-state index contributed by atoms with van der Waals surface area (Å²) in [4.78, 5) is 350. The summed E-state index contributed by atoms with van der Waals surface area (Å²) in [5.41, 5.74) is -0.0607. The number of carbonyl (C=O) groups excluding carboxylic acids is 18. The Morgan fingerprint density at radius 2 is 0.365 bits per heavy atom. The van der Waals surface area contributed by atoms with Gasteiger partial charge in [0.05, 0.1) is 52.4 Å². The molecule has 126 heavy (non-hydrogen) atoms. The van der Waals surface area contributed by atoms with Crippen LogP contribution in [0.15, 0.2) is 24.8 Å². The number of aliphatic carboxylic acids is 10. The van der Waals surface area contributed by atoms with E-state index in [1.807, 2.05) is 26.6 Å². The lowest BCUT2D eigenvalue weighted by Crippen LogP contribution is -2.55. The van der Waals surface area contributed by atoms with Crippen molar-refractivity contribution >= 4 is 166 Å². The fourth-order valence-corrected chi connectivity index (χ4v) is 10.1. The number of carboxylic acid groups (broad SMARTS) is 10. The Kier molecular flexibility index (Phi) is 52.1. The number of rotatable bonds is 66. The Balaban J connectivity index is 6.12. The maximum atomic E-state index is 13.4. The van der Waals surface area contributed by atoms with Crippen LogP contribution in [0.2, 0.25) is 0 Å². The van der Waals surface area contributed by atoms with Crippen LogP contribution in [0.4, 0.5) is 0 Å². The van der Waals surface area contributed by atoms with Gasteiger partial charge >= 0.3 is 59.7 Å². The molecule has 0 aromatic heterocycles. The van der Waals surface area contributed by atoms with Crippen molar-refractivity contribution in [1.29, 1.82) is 0 Å². The van der Waals surface area contributed by atoms with Crippen molar-refractivity contribution < 1.29 is 185 Å². The lowest BCUT2D eigenvalue weighted by atomic mass is 10.1. The monoisotopic (exact) mass is 1800 g/mol. The fraction of sp³-hybridized carbons (Fsp3) is 0.543. The normalized spacial score (nSPS) is 12.9. The van der Waals surface area contributed by atoms with Crippen LogP contribution in [0.5, 0.6) is 0 Å². The Morgan fingerprint density at radius 3 is 0.492 bits per heavy atom. The summed E-state index contributed by atoms with van der Waals surface area (Å²) in [5, 5.41) is 130. The van der Waals surface area contributed by atoms with Gasteiger partial charge in [0.25, 0.3) is 0 Å². The first-order chi connectivity index (χ1) is 58.9. The van der Waals surface area contributed by atoms with Crippen LogP contribution in [0.3, 0.4) is 0 Å². The summed E-state index contributed by atoms with van der Waals surface area (Å²) in [5.74, 6) is -36.8. The van der Waals surface area contributed by atoms with Crippen LogP contribution < -0.4 is 95.7 Å². The zero-order chi connectivity index (χ0) is 96.0. The largest absolute Gasteiger partial charge is 0.481 e. The predicted molar refractivity (Wildman–Crippen MR) is 412 cm³/mol. The van der Waals surface area contributed by atoms with Gasteiger partial charge in [-0.1, -0.05) is 12.7 Å². The molecule has 56 nitrogen and oxygen atoms in total. The molecule has 0 aliphatic carbocycles. The molecule has 0 aliphatic rings. The minimum absolute atomic E-state index is 0.0607. The predicted octanol–water partition coefficient (Wildman–Crippen LogP) is -12.2. The second-order valence-electron chi connectivity index (χ2n) is 26.8. The lowest BCUT2D eigenvalue weighted by Gasteiger charge is -2.22. The van der Waals surface area contributed by atoms with Crippen LogP contribution in [-0.4, -0.2) is 330 Å². The second-order valence-corrected chi connectivity index (χ2v) is 26.8. The molecule has 0 aromatic rings. The molecule has 0 spiro atoms. The molecule has 0 heterocycles. The smallest absolute Gasteiger partial charge is 0.326 e. The number of carbonyl (C=O) groups is 28. The van der Waals surface area contributed by atoms with Gasteiger partial charge in [0.2, 0.25) is 106 Å². The minimum Gasteiger partial charge on any atom is -0.481 e. The second kappa shape index (κ2) is 59.4. The molecule has 0 bridgehead atoms. The highest BCUT2D eigenvalue weighted by Gasteiger charge is 2.34. The van der Waals surface area contributed by atoms with Gasteiger partial charge in [-0.15, -0.1) is 6.58 Å². The van der Waals surface area contributed by atoms with E-state index in [4.69, 9.17) is 10.2 Å². The molecular weight excluding hydrogens is 1700 g/mol. The molecule has 18 amide bonds. The highest BCUT2D eigenvalue weighted by Crippen LogP contribution is 2.09. The molecule has 0 saturated carbocycles. The highest BCUT2D eigenvalue weighted by molar-refractivity contribution is 6.01.